The third-order valence-electron chi connectivity index (χ3n) is 8.81. The van der Waals surface area contributed by atoms with E-state index in [1.54, 1.807) is 29.7 Å². The number of rotatable bonds is 14. The van der Waals surface area contributed by atoms with Crippen LogP contribution in [0.4, 0.5) is 0 Å². The zero-order valence-electron chi connectivity index (χ0n) is 23.1. The van der Waals surface area contributed by atoms with Crippen LogP contribution < -0.4 is 0 Å². The highest BCUT2D eigenvalue weighted by molar-refractivity contribution is 8.02. The monoisotopic (exact) mass is 551 g/mol. The van der Waals surface area contributed by atoms with Gasteiger partial charge in [-0.25, -0.2) is 0 Å². The van der Waals surface area contributed by atoms with Gasteiger partial charge in [0, 0.05) is 50.6 Å². The van der Waals surface area contributed by atoms with Gasteiger partial charge in [0.25, 0.3) is 0 Å². The van der Waals surface area contributed by atoms with Gasteiger partial charge in [0.05, 0.1) is 36.4 Å². The van der Waals surface area contributed by atoms with E-state index in [0.717, 1.165) is 58.2 Å². The summed E-state index contributed by atoms with van der Waals surface area (Å²) >= 11 is 1.69. The molecule has 9 nitrogen and oxygen atoms in total. The molecule has 2 unspecified atom stereocenters. The number of carbonyl (C=O) groups is 3. The molecule has 4 heterocycles. The Kier molecular flexibility index (Phi) is 9.82. The number of morpholine rings is 1. The summed E-state index contributed by atoms with van der Waals surface area (Å²) in [5.41, 5.74) is 0. The van der Waals surface area contributed by atoms with Crippen molar-refractivity contribution in [2.24, 2.45) is 11.8 Å². The average Bonchev–Trinajstić information content (AvgIpc) is 3.47. The van der Waals surface area contributed by atoms with E-state index in [2.05, 4.69) is 18.4 Å². The van der Waals surface area contributed by atoms with Gasteiger partial charge in [-0.3, -0.25) is 19.3 Å². The molecule has 0 aromatic rings. The molecule has 0 aromatic heterocycles. The van der Waals surface area contributed by atoms with Crippen molar-refractivity contribution in [3.05, 3.63) is 12.7 Å². The third-order valence-corrected chi connectivity index (χ3v) is 10.8. The molecule has 0 saturated carbocycles. The molecule has 10 heteroatoms. The van der Waals surface area contributed by atoms with Crippen LogP contribution in [0.15, 0.2) is 12.7 Å². The second kappa shape index (κ2) is 12.7. The summed E-state index contributed by atoms with van der Waals surface area (Å²) in [5, 5.41) is 9.14. The van der Waals surface area contributed by atoms with Crippen LogP contribution in [-0.4, -0.2) is 119 Å². The highest BCUT2D eigenvalue weighted by Gasteiger charge is 2.77. The maximum atomic E-state index is 14.4. The van der Waals surface area contributed by atoms with Crippen molar-refractivity contribution in [1.29, 1.82) is 0 Å². The van der Waals surface area contributed by atoms with Gasteiger partial charge in [-0.05, 0) is 39.5 Å². The van der Waals surface area contributed by atoms with E-state index in [4.69, 9.17) is 14.6 Å². The molecule has 5 atom stereocenters. The smallest absolute Gasteiger partial charge is 0.311 e. The number of hydrogen-bond acceptors (Lipinski definition) is 8. The Morgan fingerprint density at radius 3 is 2.63 bits per heavy atom. The number of likely N-dealkylation sites (tertiary alicyclic amines) is 1. The van der Waals surface area contributed by atoms with Crippen LogP contribution in [0.5, 0.6) is 0 Å². The molecule has 4 rings (SSSR count). The van der Waals surface area contributed by atoms with Crippen LogP contribution in [0.2, 0.25) is 0 Å². The second-order valence-electron chi connectivity index (χ2n) is 11.2. The van der Waals surface area contributed by atoms with Gasteiger partial charge >= 0.3 is 5.97 Å². The number of hydrogen-bond donors (Lipinski definition) is 1. The quantitative estimate of drug-likeness (QED) is 0.199. The summed E-state index contributed by atoms with van der Waals surface area (Å²) in [6.07, 6.45) is 6.53. The maximum absolute atomic E-state index is 14.4. The Hall–Kier alpha value is -1.62. The SMILES string of the molecule is C=CCN(CCN1CCOCC1)C(=O)C1N(CCCCCCO)C(=O)[C@@H]2[C@@H](C(=O)OCC)[C@@]3(C)CCC12S3. The summed E-state index contributed by atoms with van der Waals surface area (Å²) in [5.74, 6) is -1.50. The van der Waals surface area contributed by atoms with E-state index in [-0.39, 0.29) is 31.0 Å². The molecule has 2 amide bonds. The lowest BCUT2D eigenvalue weighted by molar-refractivity contribution is -0.155. The molecule has 4 fully saturated rings. The summed E-state index contributed by atoms with van der Waals surface area (Å²) in [6.45, 7) is 13.5. The summed E-state index contributed by atoms with van der Waals surface area (Å²) in [4.78, 5) is 47.7. The first-order valence-electron chi connectivity index (χ1n) is 14.3. The average molecular weight is 552 g/mol. The van der Waals surface area contributed by atoms with E-state index >= 15 is 0 Å². The van der Waals surface area contributed by atoms with Gasteiger partial charge < -0.3 is 24.4 Å². The van der Waals surface area contributed by atoms with Crippen LogP contribution in [0, 0.1) is 11.8 Å². The number of esters is 1. The molecule has 214 valence electrons. The first-order valence-corrected chi connectivity index (χ1v) is 15.1. The number of unbranched alkanes of at least 4 members (excludes halogenated alkanes) is 3. The van der Waals surface area contributed by atoms with E-state index in [1.165, 1.54) is 0 Å². The van der Waals surface area contributed by atoms with Crippen molar-refractivity contribution in [1.82, 2.24) is 14.7 Å². The van der Waals surface area contributed by atoms with Crippen molar-refractivity contribution in [3.63, 3.8) is 0 Å². The van der Waals surface area contributed by atoms with Crippen LogP contribution >= 0.6 is 11.8 Å². The third kappa shape index (κ3) is 5.51. The molecule has 2 bridgehead atoms. The standard InChI is InChI=1S/C28H45N3O6S/c1-4-12-30(15-14-29-16-19-36-20-17-29)25(34)23-28-11-10-27(3,38-28)22(26(35)37-5-2)21(28)24(33)31(23)13-8-6-7-9-18-32/h4,21-23,32H,1,5-20H2,2-3H3/t21-,22-,23?,27+,28?/m0/s1. The van der Waals surface area contributed by atoms with Gasteiger partial charge in [-0.15, -0.1) is 18.3 Å². The van der Waals surface area contributed by atoms with Gasteiger partial charge in [-0.2, -0.15) is 0 Å². The summed E-state index contributed by atoms with van der Waals surface area (Å²) in [7, 11) is 0. The lowest BCUT2D eigenvalue weighted by atomic mass is 9.66. The fourth-order valence-electron chi connectivity index (χ4n) is 6.99. The van der Waals surface area contributed by atoms with Crippen molar-refractivity contribution in [3.8, 4) is 0 Å². The number of fused-ring (bicyclic) bond motifs is 1. The molecule has 1 spiro atoms. The predicted molar refractivity (Wildman–Crippen MR) is 147 cm³/mol. The molecule has 1 N–H and O–H groups in total. The van der Waals surface area contributed by atoms with Crippen molar-refractivity contribution < 1.29 is 29.0 Å². The van der Waals surface area contributed by atoms with Crippen molar-refractivity contribution in [2.45, 2.75) is 67.9 Å². The lowest BCUT2D eigenvalue weighted by Gasteiger charge is -2.38. The van der Waals surface area contributed by atoms with E-state index in [0.29, 0.717) is 32.8 Å². The van der Waals surface area contributed by atoms with Gasteiger partial charge in [-0.1, -0.05) is 18.9 Å². The molecule has 38 heavy (non-hydrogen) atoms. The number of carbonyl (C=O) groups excluding carboxylic acids is 3. The number of amides is 2. The zero-order valence-corrected chi connectivity index (χ0v) is 23.9. The highest BCUT2D eigenvalue weighted by atomic mass is 32.2. The molecule has 4 aliphatic rings. The summed E-state index contributed by atoms with van der Waals surface area (Å²) < 4.78 is 9.91. The van der Waals surface area contributed by atoms with Crippen LogP contribution in [0.25, 0.3) is 0 Å². The largest absolute Gasteiger partial charge is 0.466 e. The van der Waals surface area contributed by atoms with Crippen LogP contribution in [-0.2, 0) is 23.9 Å². The Labute approximate surface area is 231 Å². The van der Waals surface area contributed by atoms with Crippen molar-refractivity contribution >= 4 is 29.5 Å². The van der Waals surface area contributed by atoms with Crippen LogP contribution in [0.1, 0.15) is 52.4 Å². The number of thioether (sulfide) groups is 1. The van der Waals surface area contributed by atoms with E-state index in [1.807, 2.05) is 4.90 Å². The van der Waals surface area contributed by atoms with Gasteiger partial charge in [0.2, 0.25) is 11.8 Å². The highest BCUT2D eigenvalue weighted by Crippen LogP contribution is 2.71. The van der Waals surface area contributed by atoms with Crippen molar-refractivity contribution in [2.75, 3.05) is 65.7 Å². The fourth-order valence-corrected chi connectivity index (χ4v) is 9.33. The first kappa shape index (κ1) is 29.4. The predicted octanol–water partition coefficient (Wildman–Crippen LogP) is 1.93. The Morgan fingerprint density at radius 1 is 1.21 bits per heavy atom. The first-order chi connectivity index (χ1) is 18.3. The number of aliphatic hydroxyl groups excluding tert-OH is 1. The molecule has 4 aliphatic heterocycles. The molecule has 0 aliphatic carbocycles. The molecular formula is C28H45N3O6S. The molecular weight excluding hydrogens is 506 g/mol. The van der Waals surface area contributed by atoms with Gasteiger partial charge in [0.15, 0.2) is 0 Å². The Morgan fingerprint density at radius 2 is 1.95 bits per heavy atom. The lowest BCUT2D eigenvalue weighted by Crippen LogP contribution is -2.56. The summed E-state index contributed by atoms with van der Waals surface area (Å²) in [6, 6.07) is -0.603. The van der Waals surface area contributed by atoms with E-state index < -0.39 is 27.4 Å². The topological polar surface area (TPSA) is 99.6 Å². The zero-order chi connectivity index (χ0) is 27.3. The Balaban J connectivity index is 1.61. The Bertz CT molecular complexity index is 883. The minimum Gasteiger partial charge on any atom is -0.466 e. The number of nitrogens with zero attached hydrogens (tertiary/aromatic N) is 3. The normalized spacial score (nSPS) is 32.4. The minimum absolute atomic E-state index is 0.0365. The molecule has 4 saturated heterocycles. The molecule has 0 radical (unpaired) electrons. The van der Waals surface area contributed by atoms with Gasteiger partial charge in [0.1, 0.15) is 6.04 Å². The van der Waals surface area contributed by atoms with Crippen LogP contribution in [0.3, 0.4) is 0 Å². The molecule has 0 aromatic carbocycles. The number of aliphatic hydroxyl groups is 1. The second-order valence-corrected chi connectivity index (χ2v) is 13.1. The maximum Gasteiger partial charge on any atom is 0.311 e. The number of ether oxygens (including phenoxy) is 2. The minimum atomic E-state index is -0.621. The fraction of sp³-hybridized carbons (Fsp3) is 0.821. The van der Waals surface area contributed by atoms with E-state index in [9.17, 15) is 14.4 Å².